The van der Waals surface area contributed by atoms with Crippen LogP contribution in [0.15, 0.2) is 55.2 Å². The highest BCUT2D eigenvalue weighted by Gasteiger charge is 2.21. The van der Waals surface area contributed by atoms with Gasteiger partial charge in [0.1, 0.15) is 5.65 Å². The number of nitrogens with zero attached hydrogens (tertiary/aromatic N) is 5. The zero-order valence-corrected chi connectivity index (χ0v) is 20.7. The molecule has 0 unspecified atom stereocenters. The molecule has 6 rings (SSSR count). The van der Waals surface area contributed by atoms with Crippen LogP contribution >= 0.6 is 0 Å². The van der Waals surface area contributed by atoms with Gasteiger partial charge < -0.3 is 15.2 Å². The average Bonchev–Trinajstić information content (AvgIpc) is 3.49. The summed E-state index contributed by atoms with van der Waals surface area (Å²) in [6, 6.07) is 8.45. The fourth-order valence-electron chi connectivity index (χ4n) is 5.25. The SMILES string of the molecule is Cc1ccnc(C)c1-c1cnc2[nH]cc(-c3ccn4ncc(C(=O)NC5CCN(C)CC5)c4c3)c2c1. The zero-order valence-electron chi connectivity index (χ0n) is 20.7. The minimum atomic E-state index is -0.0675. The molecule has 2 N–H and O–H groups in total. The molecule has 1 aliphatic rings. The van der Waals surface area contributed by atoms with E-state index in [0.29, 0.717) is 5.56 Å². The number of carbonyl (C=O) groups is 1. The molecule has 0 radical (unpaired) electrons. The van der Waals surface area contributed by atoms with Gasteiger partial charge >= 0.3 is 0 Å². The molecule has 1 aliphatic heterocycles. The molecule has 0 saturated carbocycles. The number of carbonyl (C=O) groups excluding carboxylic acids is 1. The third kappa shape index (κ3) is 3.93. The topological polar surface area (TPSA) is 91.2 Å². The molecule has 36 heavy (non-hydrogen) atoms. The van der Waals surface area contributed by atoms with E-state index in [1.807, 2.05) is 49.9 Å². The number of nitrogens with one attached hydrogen (secondary N) is 2. The Hall–Kier alpha value is -4.04. The van der Waals surface area contributed by atoms with E-state index in [4.69, 9.17) is 0 Å². The number of H-pyrrole nitrogens is 1. The maximum Gasteiger partial charge on any atom is 0.255 e. The summed E-state index contributed by atoms with van der Waals surface area (Å²) in [7, 11) is 2.12. The first-order valence-corrected chi connectivity index (χ1v) is 12.3. The highest BCUT2D eigenvalue weighted by atomic mass is 16.1. The Morgan fingerprint density at radius 1 is 1.08 bits per heavy atom. The first-order valence-electron chi connectivity index (χ1n) is 12.3. The molecule has 0 bridgehead atoms. The average molecular weight is 480 g/mol. The summed E-state index contributed by atoms with van der Waals surface area (Å²) in [4.78, 5) is 27.9. The molecule has 5 aromatic rings. The van der Waals surface area contributed by atoms with Crippen molar-refractivity contribution in [3.8, 4) is 22.3 Å². The molecular weight excluding hydrogens is 450 g/mol. The molecule has 8 nitrogen and oxygen atoms in total. The lowest BCUT2D eigenvalue weighted by Gasteiger charge is -2.29. The maximum absolute atomic E-state index is 13.1. The molecule has 6 heterocycles. The van der Waals surface area contributed by atoms with Crippen LogP contribution in [0.4, 0.5) is 0 Å². The van der Waals surface area contributed by atoms with Crippen LogP contribution in [0.25, 0.3) is 38.8 Å². The van der Waals surface area contributed by atoms with Crippen molar-refractivity contribution in [3.63, 3.8) is 0 Å². The zero-order chi connectivity index (χ0) is 24.8. The third-order valence-corrected chi connectivity index (χ3v) is 7.30. The predicted octanol–water partition coefficient (Wildman–Crippen LogP) is 4.38. The number of hydrogen-bond acceptors (Lipinski definition) is 5. The molecule has 182 valence electrons. The Bertz CT molecular complexity index is 1570. The van der Waals surface area contributed by atoms with Crippen molar-refractivity contribution in [1.29, 1.82) is 0 Å². The summed E-state index contributed by atoms with van der Waals surface area (Å²) in [6.07, 6.45) is 11.2. The maximum atomic E-state index is 13.1. The van der Waals surface area contributed by atoms with Crippen LogP contribution in [0.2, 0.25) is 0 Å². The molecule has 0 aliphatic carbocycles. The van der Waals surface area contributed by atoms with Gasteiger partial charge in [-0.3, -0.25) is 9.78 Å². The largest absolute Gasteiger partial charge is 0.349 e. The number of aryl methyl sites for hydroxylation is 2. The second-order valence-corrected chi connectivity index (χ2v) is 9.77. The van der Waals surface area contributed by atoms with Crippen LogP contribution in [-0.2, 0) is 0 Å². The van der Waals surface area contributed by atoms with Gasteiger partial charge in [-0.25, -0.2) is 9.50 Å². The summed E-state index contributed by atoms with van der Waals surface area (Å²) in [5.74, 6) is -0.0675. The lowest BCUT2D eigenvalue weighted by molar-refractivity contribution is 0.0918. The number of likely N-dealkylation sites (tertiary alicyclic amines) is 1. The van der Waals surface area contributed by atoms with E-state index in [-0.39, 0.29) is 11.9 Å². The molecule has 1 saturated heterocycles. The van der Waals surface area contributed by atoms with Crippen LogP contribution in [-0.4, -0.2) is 61.6 Å². The van der Waals surface area contributed by atoms with Gasteiger partial charge in [-0.1, -0.05) is 0 Å². The third-order valence-electron chi connectivity index (χ3n) is 7.30. The summed E-state index contributed by atoms with van der Waals surface area (Å²) < 4.78 is 1.76. The number of pyridine rings is 3. The molecule has 5 aromatic heterocycles. The van der Waals surface area contributed by atoms with Gasteiger partial charge in [0, 0.05) is 58.6 Å². The second kappa shape index (κ2) is 8.87. The molecule has 0 aromatic carbocycles. The molecule has 0 spiro atoms. The molecule has 0 atom stereocenters. The molecule has 1 amide bonds. The van der Waals surface area contributed by atoms with Crippen molar-refractivity contribution in [1.82, 2.24) is 34.8 Å². The fraction of sp³-hybridized carbons (Fsp3) is 0.286. The van der Waals surface area contributed by atoms with E-state index < -0.39 is 0 Å². The van der Waals surface area contributed by atoms with Crippen molar-refractivity contribution in [2.45, 2.75) is 32.7 Å². The van der Waals surface area contributed by atoms with E-state index in [1.54, 1.807) is 10.7 Å². The van der Waals surface area contributed by atoms with Gasteiger partial charge in [0.05, 0.1) is 17.3 Å². The minimum Gasteiger partial charge on any atom is -0.349 e. The van der Waals surface area contributed by atoms with E-state index in [1.165, 1.54) is 5.56 Å². The minimum absolute atomic E-state index is 0.0675. The fourth-order valence-corrected chi connectivity index (χ4v) is 5.25. The number of piperidine rings is 1. The van der Waals surface area contributed by atoms with Crippen molar-refractivity contribution in [2.24, 2.45) is 0 Å². The smallest absolute Gasteiger partial charge is 0.255 e. The molecule has 8 heteroatoms. The summed E-state index contributed by atoms with van der Waals surface area (Å²) >= 11 is 0. The lowest BCUT2D eigenvalue weighted by atomic mass is 9.98. The quantitative estimate of drug-likeness (QED) is 0.399. The predicted molar refractivity (Wildman–Crippen MR) is 141 cm³/mol. The van der Waals surface area contributed by atoms with Crippen molar-refractivity contribution in [2.75, 3.05) is 20.1 Å². The van der Waals surface area contributed by atoms with Gasteiger partial charge in [0.15, 0.2) is 0 Å². The summed E-state index contributed by atoms with van der Waals surface area (Å²) in [6.45, 7) is 6.12. The Labute approximate surface area is 209 Å². The van der Waals surface area contributed by atoms with Gasteiger partial charge in [0.2, 0.25) is 0 Å². The van der Waals surface area contributed by atoms with Crippen molar-refractivity contribution in [3.05, 3.63) is 72.1 Å². The number of fused-ring (bicyclic) bond motifs is 2. The van der Waals surface area contributed by atoms with E-state index in [9.17, 15) is 4.79 Å². The number of hydrogen-bond donors (Lipinski definition) is 2. The normalized spacial score (nSPS) is 15.1. The van der Waals surface area contributed by atoms with Gasteiger partial charge in [-0.15, -0.1) is 0 Å². The van der Waals surface area contributed by atoms with Crippen molar-refractivity contribution < 1.29 is 4.79 Å². The standard InChI is InChI=1S/C28H29N7O/c1-17-4-8-29-18(2)26(17)20-12-22-23(15-31-27(22)30-14-20)19-5-11-35-25(13-19)24(16-32-35)28(36)33-21-6-9-34(3)10-7-21/h4-5,8,11-16,21H,6-7,9-10H2,1-3H3,(H,30,31)(H,33,36). The number of aromatic amines is 1. The Morgan fingerprint density at radius 2 is 1.92 bits per heavy atom. The van der Waals surface area contributed by atoms with Crippen molar-refractivity contribution >= 4 is 22.5 Å². The second-order valence-electron chi connectivity index (χ2n) is 9.77. The van der Waals surface area contributed by atoms with Gasteiger partial charge in [-0.05, 0) is 82.2 Å². The number of aromatic nitrogens is 5. The molecular formula is C28H29N7O. The summed E-state index contributed by atoms with van der Waals surface area (Å²) in [5.41, 5.74) is 8.53. The highest BCUT2D eigenvalue weighted by molar-refractivity contribution is 6.02. The summed E-state index contributed by atoms with van der Waals surface area (Å²) in [5, 5.41) is 8.66. The van der Waals surface area contributed by atoms with Crippen LogP contribution < -0.4 is 5.32 Å². The van der Waals surface area contributed by atoms with Crippen LogP contribution in [0.1, 0.15) is 34.5 Å². The lowest BCUT2D eigenvalue weighted by Crippen LogP contribution is -2.43. The Balaban J connectivity index is 1.37. The number of amides is 1. The van der Waals surface area contributed by atoms with Crippen LogP contribution in [0.3, 0.4) is 0 Å². The molecule has 1 fully saturated rings. The van der Waals surface area contributed by atoms with E-state index >= 15 is 0 Å². The van der Waals surface area contributed by atoms with E-state index in [0.717, 1.165) is 70.4 Å². The number of rotatable bonds is 4. The van der Waals surface area contributed by atoms with Crippen LogP contribution in [0.5, 0.6) is 0 Å². The Kier molecular flexibility index (Phi) is 5.53. The van der Waals surface area contributed by atoms with Gasteiger partial charge in [-0.2, -0.15) is 5.10 Å². The first kappa shape index (κ1) is 22.4. The van der Waals surface area contributed by atoms with Gasteiger partial charge in [0.25, 0.3) is 5.91 Å². The van der Waals surface area contributed by atoms with E-state index in [2.05, 4.69) is 50.3 Å². The highest BCUT2D eigenvalue weighted by Crippen LogP contribution is 2.33. The van der Waals surface area contributed by atoms with Crippen LogP contribution in [0, 0.1) is 13.8 Å². The first-order chi connectivity index (χ1) is 17.5. The Morgan fingerprint density at radius 3 is 2.72 bits per heavy atom. The monoisotopic (exact) mass is 479 g/mol.